The van der Waals surface area contributed by atoms with Crippen molar-refractivity contribution >= 4 is 17.2 Å². The summed E-state index contributed by atoms with van der Waals surface area (Å²) in [6.45, 7) is 0.702. The summed E-state index contributed by atoms with van der Waals surface area (Å²) in [5, 5.41) is 3.29. The zero-order valence-electron chi connectivity index (χ0n) is 10.4. The van der Waals surface area contributed by atoms with E-state index in [0.29, 0.717) is 12.3 Å². The van der Waals surface area contributed by atoms with Gasteiger partial charge in [0, 0.05) is 12.8 Å². The monoisotopic (exact) mass is 243 g/mol. The summed E-state index contributed by atoms with van der Waals surface area (Å²) in [6.07, 6.45) is 2.51. The molecule has 18 heavy (non-hydrogen) atoms. The minimum Gasteiger partial charge on any atom is -0.397 e. The first-order valence-corrected chi connectivity index (χ1v) is 5.85. The number of nitrogen functional groups attached to an aromatic ring is 1. The zero-order chi connectivity index (χ0) is 12.8. The summed E-state index contributed by atoms with van der Waals surface area (Å²) in [6, 6.07) is 11.8. The minimum absolute atomic E-state index is 0.660. The van der Waals surface area contributed by atoms with E-state index < -0.39 is 0 Å². The van der Waals surface area contributed by atoms with Gasteiger partial charge in [-0.25, -0.2) is 4.98 Å². The van der Waals surface area contributed by atoms with E-state index >= 15 is 0 Å². The second kappa shape index (κ2) is 6.02. The molecule has 0 spiro atoms. The summed E-state index contributed by atoms with van der Waals surface area (Å²) in [5.41, 5.74) is 8.52. The SMILES string of the molecule is COCCc1ccccc1Nc1ccc(N)cn1. The summed E-state index contributed by atoms with van der Waals surface area (Å²) in [7, 11) is 1.71. The van der Waals surface area contributed by atoms with Gasteiger partial charge in [-0.1, -0.05) is 18.2 Å². The summed E-state index contributed by atoms with van der Waals surface area (Å²) in [5.74, 6) is 0.786. The van der Waals surface area contributed by atoms with Crippen LogP contribution in [0.1, 0.15) is 5.56 Å². The number of para-hydroxylation sites is 1. The topological polar surface area (TPSA) is 60.2 Å². The predicted octanol–water partition coefficient (Wildman–Crippen LogP) is 2.60. The molecule has 94 valence electrons. The van der Waals surface area contributed by atoms with Crippen LogP contribution in [0.4, 0.5) is 17.2 Å². The molecule has 0 aliphatic carbocycles. The fourth-order valence-corrected chi connectivity index (χ4v) is 1.69. The second-order valence-corrected chi connectivity index (χ2v) is 4.00. The van der Waals surface area contributed by atoms with Crippen LogP contribution in [-0.4, -0.2) is 18.7 Å². The van der Waals surface area contributed by atoms with Gasteiger partial charge in [0.2, 0.25) is 0 Å². The minimum atomic E-state index is 0.660. The molecule has 0 saturated carbocycles. The van der Waals surface area contributed by atoms with Gasteiger partial charge in [-0.2, -0.15) is 0 Å². The van der Waals surface area contributed by atoms with E-state index in [1.54, 1.807) is 13.3 Å². The van der Waals surface area contributed by atoms with E-state index in [1.165, 1.54) is 5.56 Å². The van der Waals surface area contributed by atoms with Gasteiger partial charge in [0.25, 0.3) is 0 Å². The third-order valence-corrected chi connectivity index (χ3v) is 2.64. The molecule has 4 heteroatoms. The molecule has 0 saturated heterocycles. The number of ether oxygens (including phenoxy) is 1. The van der Waals surface area contributed by atoms with E-state index in [0.717, 1.165) is 17.9 Å². The number of methoxy groups -OCH3 is 1. The number of nitrogens with two attached hydrogens (primary N) is 1. The van der Waals surface area contributed by atoms with Crippen LogP contribution in [0.3, 0.4) is 0 Å². The number of aromatic nitrogens is 1. The fourth-order valence-electron chi connectivity index (χ4n) is 1.69. The molecular weight excluding hydrogens is 226 g/mol. The Balaban J connectivity index is 2.15. The molecule has 1 aromatic carbocycles. The Morgan fingerprint density at radius 1 is 1.22 bits per heavy atom. The van der Waals surface area contributed by atoms with Crippen molar-refractivity contribution in [1.29, 1.82) is 0 Å². The highest BCUT2D eigenvalue weighted by molar-refractivity contribution is 5.61. The van der Waals surface area contributed by atoms with Crippen molar-refractivity contribution in [2.45, 2.75) is 6.42 Å². The number of pyridine rings is 1. The second-order valence-electron chi connectivity index (χ2n) is 4.00. The van der Waals surface area contributed by atoms with Gasteiger partial charge in [-0.05, 0) is 30.2 Å². The molecule has 2 aromatic rings. The summed E-state index contributed by atoms with van der Waals surface area (Å²) < 4.78 is 5.11. The number of hydrogen-bond donors (Lipinski definition) is 2. The molecule has 0 bridgehead atoms. The van der Waals surface area contributed by atoms with Gasteiger partial charge < -0.3 is 15.8 Å². The standard InChI is InChI=1S/C14H17N3O/c1-18-9-8-11-4-2-3-5-13(11)17-14-7-6-12(15)10-16-14/h2-7,10H,8-9,15H2,1H3,(H,16,17). The molecule has 0 radical (unpaired) electrons. The van der Waals surface area contributed by atoms with Crippen molar-refractivity contribution in [2.24, 2.45) is 0 Å². The molecule has 0 amide bonds. The Morgan fingerprint density at radius 2 is 2.06 bits per heavy atom. The number of benzene rings is 1. The first-order valence-electron chi connectivity index (χ1n) is 5.85. The number of nitrogens with zero attached hydrogens (tertiary/aromatic N) is 1. The highest BCUT2D eigenvalue weighted by Crippen LogP contribution is 2.20. The van der Waals surface area contributed by atoms with Crippen LogP contribution >= 0.6 is 0 Å². The van der Waals surface area contributed by atoms with Crippen LogP contribution in [0.25, 0.3) is 0 Å². The largest absolute Gasteiger partial charge is 0.397 e. The molecule has 3 N–H and O–H groups in total. The Morgan fingerprint density at radius 3 is 2.78 bits per heavy atom. The maximum absolute atomic E-state index is 5.61. The van der Waals surface area contributed by atoms with Gasteiger partial charge in [0.15, 0.2) is 0 Å². The van der Waals surface area contributed by atoms with Crippen LogP contribution < -0.4 is 11.1 Å². The highest BCUT2D eigenvalue weighted by Gasteiger charge is 2.02. The molecule has 0 aliphatic heterocycles. The molecule has 0 aliphatic rings. The molecule has 4 nitrogen and oxygen atoms in total. The van der Waals surface area contributed by atoms with Crippen LogP contribution in [0.2, 0.25) is 0 Å². The molecular formula is C14H17N3O. The molecule has 1 aromatic heterocycles. The van der Waals surface area contributed by atoms with Crippen LogP contribution in [0.15, 0.2) is 42.6 Å². The normalized spacial score (nSPS) is 10.3. The quantitative estimate of drug-likeness (QED) is 0.847. The van der Waals surface area contributed by atoms with E-state index in [9.17, 15) is 0 Å². The van der Waals surface area contributed by atoms with E-state index in [2.05, 4.69) is 16.4 Å². The first-order chi connectivity index (χ1) is 8.79. The lowest BCUT2D eigenvalue weighted by atomic mass is 10.1. The number of hydrogen-bond acceptors (Lipinski definition) is 4. The lowest BCUT2D eigenvalue weighted by Crippen LogP contribution is -2.01. The smallest absolute Gasteiger partial charge is 0.130 e. The first kappa shape index (κ1) is 12.4. The Hall–Kier alpha value is -2.07. The summed E-state index contributed by atoms with van der Waals surface area (Å²) >= 11 is 0. The molecule has 2 rings (SSSR count). The van der Waals surface area contributed by atoms with Crippen molar-refractivity contribution in [3.8, 4) is 0 Å². The number of rotatable bonds is 5. The molecule has 0 atom stereocenters. The number of anilines is 3. The average Bonchev–Trinajstić information content (AvgIpc) is 2.40. The van der Waals surface area contributed by atoms with E-state index in [-0.39, 0.29) is 0 Å². The summed E-state index contributed by atoms with van der Waals surface area (Å²) in [4.78, 5) is 4.23. The van der Waals surface area contributed by atoms with E-state index in [4.69, 9.17) is 10.5 Å². The molecule has 0 fully saturated rings. The van der Waals surface area contributed by atoms with Crippen LogP contribution in [0.5, 0.6) is 0 Å². The number of nitrogens with one attached hydrogen (secondary N) is 1. The van der Waals surface area contributed by atoms with Crippen molar-refractivity contribution in [1.82, 2.24) is 4.98 Å². The van der Waals surface area contributed by atoms with Gasteiger partial charge in [0.05, 0.1) is 18.5 Å². The van der Waals surface area contributed by atoms with Gasteiger partial charge in [-0.3, -0.25) is 0 Å². The van der Waals surface area contributed by atoms with E-state index in [1.807, 2.05) is 30.3 Å². The maximum atomic E-state index is 5.61. The van der Waals surface area contributed by atoms with Crippen LogP contribution in [-0.2, 0) is 11.2 Å². The van der Waals surface area contributed by atoms with Crippen molar-refractivity contribution in [3.63, 3.8) is 0 Å². The molecule has 0 unspecified atom stereocenters. The Bertz CT molecular complexity index is 497. The Kier molecular flexibility index (Phi) is 4.15. The third kappa shape index (κ3) is 3.21. The zero-order valence-corrected chi connectivity index (χ0v) is 10.4. The lowest BCUT2D eigenvalue weighted by Gasteiger charge is -2.11. The van der Waals surface area contributed by atoms with Crippen molar-refractivity contribution in [3.05, 3.63) is 48.2 Å². The van der Waals surface area contributed by atoms with Crippen molar-refractivity contribution < 1.29 is 4.74 Å². The van der Waals surface area contributed by atoms with Gasteiger partial charge in [0.1, 0.15) is 5.82 Å². The predicted molar refractivity (Wildman–Crippen MR) is 74.0 cm³/mol. The average molecular weight is 243 g/mol. The third-order valence-electron chi connectivity index (χ3n) is 2.64. The Labute approximate surface area is 107 Å². The lowest BCUT2D eigenvalue weighted by molar-refractivity contribution is 0.202. The van der Waals surface area contributed by atoms with Crippen molar-refractivity contribution in [2.75, 3.05) is 24.8 Å². The van der Waals surface area contributed by atoms with Gasteiger partial charge >= 0.3 is 0 Å². The molecule has 1 heterocycles. The van der Waals surface area contributed by atoms with Gasteiger partial charge in [-0.15, -0.1) is 0 Å². The highest BCUT2D eigenvalue weighted by atomic mass is 16.5. The maximum Gasteiger partial charge on any atom is 0.130 e. The fraction of sp³-hybridized carbons (Fsp3) is 0.214. The van der Waals surface area contributed by atoms with Crippen LogP contribution in [0, 0.1) is 0 Å².